The maximum atomic E-state index is 12.5. The molecular formula is C11H11BrF3NO4. The van der Waals surface area contributed by atoms with Gasteiger partial charge in [-0.3, -0.25) is 4.79 Å². The van der Waals surface area contributed by atoms with E-state index in [0.717, 1.165) is 13.3 Å². The normalized spacial score (nSPS) is 11.1. The summed E-state index contributed by atoms with van der Waals surface area (Å²) in [6, 6.07) is 0. The summed E-state index contributed by atoms with van der Waals surface area (Å²) < 4.78 is 50.7. The van der Waals surface area contributed by atoms with E-state index in [1.54, 1.807) is 0 Å². The first-order valence-electron chi connectivity index (χ1n) is 5.25. The highest BCUT2D eigenvalue weighted by Crippen LogP contribution is 2.36. The Morgan fingerprint density at radius 1 is 1.40 bits per heavy atom. The minimum atomic E-state index is -4.89. The quantitative estimate of drug-likeness (QED) is 0.598. The van der Waals surface area contributed by atoms with Crippen LogP contribution >= 0.6 is 15.9 Å². The number of methoxy groups -OCH3 is 2. The average Bonchev–Trinajstić information content (AvgIpc) is 2.38. The maximum absolute atomic E-state index is 12.5. The van der Waals surface area contributed by atoms with Crippen molar-refractivity contribution in [2.45, 2.75) is 18.1 Å². The zero-order valence-corrected chi connectivity index (χ0v) is 12.2. The smallest absolute Gasteiger partial charge is 0.481 e. The summed E-state index contributed by atoms with van der Waals surface area (Å²) in [6.45, 7) is 0. The molecule has 1 heterocycles. The number of esters is 1. The van der Waals surface area contributed by atoms with E-state index in [4.69, 9.17) is 4.74 Å². The molecule has 0 unspecified atom stereocenters. The summed E-state index contributed by atoms with van der Waals surface area (Å²) in [5.74, 6) is -1.23. The highest BCUT2D eigenvalue weighted by molar-refractivity contribution is 9.08. The Bertz CT molecular complexity index is 493. The summed E-state index contributed by atoms with van der Waals surface area (Å²) in [4.78, 5) is 15.1. The number of rotatable bonds is 5. The van der Waals surface area contributed by atoms with Crippen LogP contribution in [0.3, 0.4) is 0 Å². The Morgan fingerprint density at radius 3 is 2.50 bits per heavy atom. The second-order valence-corrected chi connectivity index (χ2v) is 4.10. The molecule has 112 valence electrons. The molecule has 0 aliphatic carbocycles. The summed E-state index contributed by atoms with van der Waals surface area (Å²) >= 11 is 3.04. The van der Waals surface area contributed by atoms with E-state index >= 15 is 0 Å². The Labute approximate surface area is 121 Å². The summed E-state index contributed by atoms with van der Waals surface area (Å²) in [7, 11) is 2.40. The SMILES string of the molecule is COC(=O)Cc1cnc(OC)c(CBr)c1OC(F)(F)F. The van der Waals surface area contributed by atoms with E-state index in [1.807, 2.05) is 0 Å². The molecule has 0 saturated carbocycles. The first-order chi connectivity index (χ1) is 9.32. The summed E-state index contributed by atoms with van der Waals surface area (Å²) in [6.07, 6.45) is -4.20. The van der Waals surface area contributed by atoms with Gasteiger partial charge in [0.05, 0.1) is 26.2 Å². The van der Waals surface area contributed by atoms with Gasteiger partial charge in [0.25, 0.3) is 0 Å². The summed E-state index contributed by atoms with van der Waals surface area (Å²) in [5, 5.41) is 0.0175. The van der Waals surface area contributed by atoms with E-state index in [0.29, 0.717) is 0 Å². The van der Waals surface area contributed by atoms with Gasteiger partial charge in [0.2, 0.25) is 5.88 Å². The van der Waals surface area contributed by atoms with Crippen molar-refractivity contribution < 1.29 is 32.2 Å². The highest BCUT2D eigenvalue weighted by atomic mass is 79.9. The van der Waals surface area contributed by atoms with Gasteiger partial charge in [-0.25, -0.2) is 4.98 Å². The van der Waals surface area contributed by atoms with Crippen LogP contribution < -0.4 is 9.47 Å². The molecule has 0 atom stereocenters. The lowest BCUT2D eigenvalue weighted by Gasteiger charge is -2.17. The van der Waals surface area contributed by atoms with Gasteiger partial charge in [0.15, 0.2) is 0 Å². The number of pyridine rings is 1. The van der Waals surface area contributed by atoms with Crippen LogP contribution in [0.15, 0.2) is 6.20 Å². The van der Waals surface area contributed by atoms with Crippen LogP contribution in [0.2, 0.25) is 0 Å². The lowest BCUT2D eigenvalue weighted by atomic mass is 10.1. The molecule has 5 nitrogen and oxygen atoms in total. The van der Waals surface area contributed by atoms with E-state index in [-0.39, 0.29) is 28.8 Å². The fourth-order valence-corrected chi connectivity index (χ4v) is 1.95. The van der Waals surface area contributed by atoms with E-state index in [2.05, 4.69) is 30.4 Å². The second kappa shape index (κ2) is 6.78. The van der Waals surface area contributed by atoms with Gasteiger partial charge in [-0.05, 0) is 0 Å². The van der Waals surface area contributed by atoms with Crippen LogP contribution in [0.5, 0.6) is 11.6 Å². The molecule has 0 amide bonds. The molecule has 0 N–H and O–H groups in total. The second-order valence-electron chi connectivity index (χ2n) is 3.53. The maximum Gasteiger partial charge on any atom is 0.573 e. The standard InChI is InChI=1S/C11H11BrF3NO4/c1-18-8(17)3-6-5-16-10(19-2)7(4-12)9(6)20-11(13,14)15/h5H,3-4H2,1-2H3. The molecule has 9 heteroatoms. The van der Waals surface area contributed by atoms with Crippen molar-refractivity contribution in [2.24, 2.45) is 0 Å². The van der Waals surface area contributed by atoms with Crippen molar-refractivity contribution in [1.82, 2.24) is 4.98 Å². The van der Waals surface area contributed by atoms with Gasteiger partial charge < -0.3 is 14.2 Å². The highest BCUT2D eigenvalue weighted by Gasteiger charge is 2.34. The molecule has 20 heavy (non-hydrogen) atoms. The monoisotopic (exact) mass is 357 g/mol. The fraction of sp³-hybridized carbons (Fsp3) is 0.455. The predicted octanol–water partition coefficient (Wildman–Crippen LogP) is 2.60. The molecule has 1 aromatic heterocycles. The number of hydrogen-bond acceptors (Lipinski definition) is 5. The van der Waals surface area contributed by atoms with Gasteiger partial charge in [-0.2, -0.15) is 0 Å². The number of aromatic nitrogens is 1. The number of carbonyl (C=O) groups excluding carboxylic acids is 1. The van der Waals surface area contributed by atoms with Crippen molar-refractivity contribution in [3.05, 3.63) is 17.3 Å². The molecule has 0 bridgehead atoms. The van der Waals surface area contributed by atoms with E-state index in [9.17, 15) is 18.0 Å². The first-order valence-corrected chi connectivity index (χ1v) is 6.37. The van der Waals surface area contributed by atoms with Gasteiger partial charge in [-0.15, -0.1) is 13.2 Å². The topological polar surface area (TPSA) is 57.7 Å². The molecule has 0 aromatic carbocycles. The molecule has 1 aromatic rings. The Balaban J connectivity index is 3.31. The fourth-order valence-electron chi connectivity index (χ4n) is 1.45. The third-order valence-corrected chi connectivity index (χ3v) is 2.83. The van der Waals surface area contributed by atoms with Crippen LogP contribution in [-0.4, -0.2) is 31.5 Å². The van der Waals surface area contributed by atoms with Gasteiger partial charge >= 0.3 is 12.3 Å². The zero-order chi connectivity index (χ0) is 15.3. The number of carbonyl (C=O) groups is 1. The third kappa shape index (κ3) is 4.26. The van der Waals surface area contributed by atoms with Gasteiger partial charge in [0, 0.05) is 17.1 Å². The van der Waals surface area contributed by atoms with E-state index in [1.165, 1.54) is 7.11 Å². The molecule has 0 spiro atoms. The van der Waals surface area contributed by atoms with Crippen LogP contribution in [0.1, 0.15) is 11.1 Å². The average molecular weight is 358 g/mol. The molecule has 0 radical (unpaired) electrons. The van der Waals surface area contributed by atoms with Crippen LogP contribution in [0.25, 0.3) is 0 Å². The van der Waals surface area contributed by atoms with Gasteiger partial charge in [0.1, 0.15) is 5.75 Å². The molecule has 0 aliphatic heterocycles. The number of nitrogens with zero attached hydrogens (tertiary/aromatic N) is 1. The van der Waals surface area contributed by atoms with Crippen molar-refractivity contribution >= 4 is 21.9 Å². The molecular weight excluding hydrogens is 347 g/mol. The Kier molecular flexibility index (Phi) is 5.61. The van der Waals surface area contributed by atoms with Crippen molar-refractivity contribution in [1.29, 1.82) is 0 Å². The molecule has 0 saturated heterocycles. The molecule has 0 fully saturated rings. The van der Waals surface area contributed by atoms with Gasteiger partial charge in [-0.1, -0.05) is 15.9 Å². The third-order valence-electron chi connectivity index (χ3n) is 2.27. The number of alkyl halides is 4. The first kappa shape index (κ1) is 16.5. The zero-order valence-electron chi connectivity index (χ0n) is 10.6. The lowest BCUT2D eigenvalue weighted by molar-refractivity contribution is -0.275. The predicted molar refractivity (Wildman–Crippen MR) is 65.8 cm³/mol. The molecule has 1 rings (SSSR count). The van der Waals surface area contributed by atoms with Crippen LogP contribution in [-0.2, 0) is 21.3 Å². The summed E-state index contributed by atoms with van der Waals surface area (Å²) in [5.41, 5.74) is 0.0238. The van der Waals surface area contributed by atoms with Crippen molar-refractivity contribution in [2.75, 3.05) is 14.2 Å². The van der Waals surface area contributed by atoms with Crippen LogP contribution in [0.4, 0.5) is 13.2 Å². The number of halogens is 4. The Morgan fingerprint density at radius 2 is 2.05 bits per heavy atom. The largest absolute Gasteiger partial charge is 0.573 e. The Hall–Kier alpha value is -1.51. The lowest BCUT2D eigenvalue weighted by Crippen LogP contribution is -2.20. The van der Waals surface area contributed by atoms with Crippen molar-refractivity contribution in [3.8, 4) is 11.6 Å². The minimum absolute atomic E-state index is 0.0175. The van der Waals surface area contributed by atoms with Crippen LogP contribution in [0, 0.1) is 0 Å². The van der Waals surface area contributed by atoms with Crippen molar-refractivity contribution in [3.63, 3.8) is 0 Å². The minimum Gasteiger partial charge on any atom is -0.481 e. The number of ether oxygens (including phenoxy) is 3. The number of hydrogen-bond donors (Lipinski definition) is 0. The van der Waals surface area contributed by atoms with E-state index < -0.39 is 18.1 Å². The molecule has 0 aliphatic rings.